The van der Waals surface area contributed by atoms with Gasteiger partial charge in [-0.2, -0.15) is 0 Å². The van der Waals surface area contributed by atoms with Gasteiger partial charge in [-0.3, -0.25) is 4.79 Å². The zero-order valence-corrected chi connectivity index (χ0v) is 8.82. The van der Waals surface area contributed by atoms with E-state index in [-0.39, 0.29) is 24.1 Å². The average molecular weight is 196 g/mol. The van der Waals surface area contributed by atoms with Crippen molar-refractivity contribution in [3.8, 4) is 0 Å². The molecule has 1 unspecified atom stereocenters. The monoisotopic (exact) mass is 196 g/mol. The summed E-state index contributed by atoms with van der Waals surface area (Å²) < 4.78 is 10.8. The summed E-state index contributed by atoms with van der Waals surface area (Å²) in [5.74, 6) is -0.224. The number of fused-ring (bicyclic) bond motifs is 2. The van der Waals surface area contributed by atoms with Crippen LogP contribution in [0, 0.1) is 5.92 Å². The highest BCUT2D eigenvalue weighted by atomic mass is 16.6. The molecular weight excluding hydrogens is 180 g/mol. The fourth-order valence-corrected chi connectivity index (χ4v) is 1.88. The van der Waals surface area contributed by atoms with Gasteiger partial charge in [-0.1, -0.05) is 12.2 Å². The van der Waals surface area contributed by atoms with E-state index in [1.807, 2.05) is 32.9 Å². The van der Waals surface area contributed by atoms with Crippen molar-refractivity contribution in [2.45, 2.75) is 45.0 Å². The molecule has 14 heavy (non-hydrogen) atoms. The lowest BCUT2D eigenvalue weighted by Gasteiger charge is -2.23. The Bertz CT molecular complexity index is 275. The summed E-state index contributed by atoms with van der Waals surface area (Å²) in [4.78, 5) is 11.7. The van der Waals surface area contributed by atoms with Crippen molar-refractivity contribution in [2.24, 2.45) is 5.92 Å². The number of rotatable bonds is 1. The van der Waals surface area contributed by atoms with Crippen molar-refractivity contribution in [3.05, 3.63) is 12.2 Å². The fraction of sp³-hybridized carbons (Fsp3) is 0.727. The lowest BCUT2D eigenvalue weighted by Crippen LogP contribution is -2.32. The molecule has 1 saturated heterocycles. The van der Waals surface area contributed by atoms with E-state index in [1.54, 1.807) is 0 Å². The minimum absolute atomic E-state index is 0.0464. The molecule has 2 aliphatic heterocycles. The average Bonchev–Trinajstić information content (AvgIpc) is 2.59. The van der Waals surface area contributed by atoms with Crippen LogP contribution in [0.3, 0.4) is 0 Å². The zero-order chi connectivity index (χ0) is 10.3. The molecule has 78 valence electrons. The second-order valence-electron chi connectivity index (χ2n) is 4.90. The van der Waals surface area contributed by atoms with E-state index in [4.69, 9.17) is 9.47 Å². The highest BCUT2D eigenvalue weighted by molar-refractivity contribution is 5.74. The van der Waals surface area contributed by atoms with Crippen LogP contribution in [0.1, 0.15) is 27.2 Å². The quantitative estimate of drug-likeness (QED) is 0.472. The SMILES string of the molecule is CC(C)(C)OC(=O)C1C[C@H]2C=C[C@@H]1O2. The lowest BCUT2D eigenvalue weighted by molar-refractivity contribution is -0.160. The van der Waals surface area contributed by atoms with Crippen LogP contribution >= 0.6 is 0 Å². The highest BCUT2D eigenvalue weighted by Crippen LogP contribution is 2.35. The third kappa shape index (κ3) is 1.82. The van der Waals surface area contributed by atoms with Crippen LogP contribution in [0.5, 0.6) is 0 Å². The molecule has 2 aliphatic rings. The van der Waals surface area contributed by atoms with E-state index < -0.39 is 5.60 Å². The topological polar surface area (TPSA) is 35.5 Å². The van der Waals surface area contributed by atoms with Crippen LogP contribution in [0.25, 0.3) is 0 Å². The predicted octanol–water partition coefficient (Wildman–Crippen LogP) is 1.67. The Morgan fingerprint density at radius 2 is 2.14 bits per heavy atom. The molecule has 2 rings (SSSR count). The van der Waals surface area contributed by atoms with Crippen molar-refractivity contribution in [1.82, 2.24) is 0 Å². The van der Waals surface area contributed by atoms with Crippen LogP contribution in [0.2, 0.25) is 0 Å². The number of ether oxygens (including phenoxy) is 2. The third-order valence-electron chi connectivity index (χ3n) is 2.44. The molecule has 0 spiro atoms. The Labute approximate surface area is 84.1 Å². The van der Waals surface area contributed by atoms with Gasteiger partial charge >= 0.3 is 5.97 Å². The summed E-state index contributed by atoms with van der Waals surface area (Å²) in [5, 5.41) is 0. The van der Waals surface area contributed by atoms with Crippen LogP contribution in [-0.4, -0.2) is 23.8 Å². The molecule has 0 aromatic heterocycles. The van der Waals surface area contributed by atoms with Crippen molar-refractivity contribution < 1.29 is 14.3 Å². The lowest BCUT2D eigenvalue weighted by atomic mass is 9.94. The first-order valence-electron chi connectivity index (χ1n) is 5.02. The van der Waals surface area contributed by atoms with Crippen molar-refractivity contribution in [3.63, 3.8) is 0 Å². The van der Waals surface area contributed by atoms with Crippen molar-refractivity contribution in [1.29, 1.82) is 0 Å². The molecule has 0 aliphatic carbocycles. The van der Waals surface area contributed by atoms with E-state index in [0.29, 0.717) is 0 Å². The summed E-state index contributed by atoms with van der Waals surface area (Å²) >= 11 is 0. The number of esters is 1. The largest absolute Gasteiger partial charge is 0.460 e. The standard InChI is InChI=1S/C11H16O3/c1-11(2,3)14-10(12)8-6-7-4-5-9(8)13-7/h4-5,7-9H,6H2,1-3H3/t7-,8?,9+/m1/s1. The summed E-state index contributed by atoms with van der Waals surface area (Å²) in [5.41, 5.74) is -0.400. The van der Waals surface area contributed by atoms with Crippen LogP contribution in [0.15, 0.2) is 12.2 Å². The molecule has 2 heterocycles. The number of carbonyl (C=O) groups excluding carboxylic acids is 1. The summed E-state index contributed by atoms with van der Waals surface area (Å²) in [6, 6.07) is 0. The molecule has 1 fully saturated rings. The highest BCUT2D eigenvalue weighted by Gasteiger charge is 2.42. The van der Waals surface area contributed by atoms with Crippen molar-refractivity contribution >= 4 is 5.97 Å². The minimum Gasteiger partial charge on any atom is -0.460 e. The molecule has 3 heteroatoms. The van der Waals surface area contributed by atoms with Gasteiger partial charge in [0.1, 0.15) is 5.60 Å². The van der Waals surface area contributed by atoms with Gasteiger partial charge in [-0.15, -0.1) is 0 Å². The summed E-state index contributed by atoms with van der Waals surface area (Å²) in [6.45, 7) is 5.65. The molecule has 0 aromatic rings. The van der Waals surface area contributed by atoms with E-state index in [2.05, 4.69) is 0 Å². The van der Waals surface area contributed by atoms with Crippen LogP contribution in [-0.2, 0) is 14.3 Å². The Morgan fingerprint density at radius 1 is 1.43 bits per heavy atom. The second kappa shape index (κ2) is 3.09. The smallest absolute Gasteiger partial charge is 0.312 e. The van der Waals surface area contributed by atoms with Crippen LogP contribution < -0.4 is 0 Å². The van der Waals surface area contributed by atoms with Gasteiger partial charge in [-0.25, -0.2) is 0 Å². The Balaban J connectivity index is 1.97. The molecule has 0 radical (unpaired) electrons. The first-order chi connectivity index (χ1) is 6.46. The fourth-order valence-electron chi connectivity index (χ4n) is 1.88. The van der Waals surface area contributed by atoms with Gasteiger partial charge in [0.15, 0.2) is 0 Å². The van der Waals surface area contributed by atoms with Gasteiger partial charge in [0.05, 0.1) is 18.1 Å². The predicted molar refractivity (Wildman–Crippen MR) is 51.8 cm³/mol. The van der Waals surface area contributed by atoms with E-state index >= 15 is 0 Å². The maximum atomic E-state index is 11.7. The first-order valence-corrected chi connectivity index (χ1v) is 5.02. The maximum absolute atomic E-state index is 11.7. The second-order valence-corrected chi connectivity index (χ2v) is 4.90. The Hall–Kier alpha value is -0.830. The molecule has 2 bridgehead atoms. The summed E-state index contributed by atoms with van der Waals surface area (Å²) in [6.07, 6.45) is 4.84. The van der Waals surface area contributed by atoms with Gasteiger partial charge < -0.3 is 9.47 Å². The van der Waals surface area contributed by atoms with E-state index in [9.17, 15) is 4.79 Å². The van der Waals surface area contributed by atoms with Gasteiger partial charge in [0.2, 0.25) is 0 Å². The number of hydrogen-bond acceptors (Lipinski definition) is 3. The van der Waals surface area contributed by atoms with E-state index in [0.717, 1.165) is 6.42 Å². The molecule has 3 nitrogen and oxygen atoms in total. The molecular formula is C11H16O3. The molecule has 0 N–H and O–H groups in total. The van der Waals surface area contributed by atoms with Gasteiger partial charge in [0, 0.05) is 0 Å². The molecule has 3 atom stereocenters. The first kappa shape index (κ1) is 9.71. The van der Waals surface area contributed by atoms with Crippen molar-refractivity contribution in [2.75, 3.05) is 0 Å². The third-order valence-corrected chi connectivity index (χ3v) is 2.44. The zero-order valence-electron chi connectivity index (χ0n) is 8.82. The molecule has 0 aromatic carbocycles. The van der Waals surface area contributed by atoms with Gasteiger partial charge in [0.25, 0.3) is 0 Å². The Kier molecular flexibility index (Phi) is 2.14. The maximum Gasteiger partial charge on any atom is 0.312 e. The number of carbonyl (C=O) groups is 1. The summed E-state index contributed by atoms with van der Waals surface area (Å²) in [7, 11) is 0. The van der Waals surface area contributed by atoms with Crippen LogP contribution in [0.4, 0.5) is 0 Å². The Morgan fingerprint density at radius 3 is 2.57 bits per heavy atom. The molecule has 0 amide bonds. The minimum atomic E-state index is -0.400. The van der Waals surface area contributed by atoms with E-state index in [1.165, 1.54) is 0 Å². The normalized spacial score (nSPS) is 34.9. The number of hydrogen-bond donors (Lipinski definition) is 0. The van der Waals surface area contributed by atoms with Gasteiger partial charge in [-0.05, 0) is 27.2 Å². The molecule has 0 saturated carbocycles.